The number of hydrogen-bond acceptors (Lipinski definition) is 6. The molecule has 2 aliphatic rings. The molecule has 0 atom stereocenters. The monoisotopic (exact) mass is 495 g/mol. The van der Waals surface area contributed by atoms with Crippen molar-refractivity contribution in [2.24, 2.45) is 0 Å². The predicted octanol–water partition coefficient (Wildman–Crippen LogP) is 6.59. The molecule has 0 aliphatic carbocycles. The Morgan fingerprint density at radius 3 is 2.42 bits per heavy atom. The SMILES string of the molecule is CCOC(=O)C1=C(c2ccccc2)SC(=C2C(=S)C(C)(C)N(C(C)=O)c3ccc(C)cc32)S1. The molecule has 1 amide bonds. The molecule has 4 rings (SSSR count). The number of thiocarbonyl (C=S) groups is 1. The van der Waals surface area contributed by atoms with Gasteiger partial charge in [0, 0.05) is 23.0 Å². The third kappa shape index (κ3) is 4.18. The normalized spacial score (nSPS) is 19.5. The first kappa shape index (κ1) is 23.8. The molecule has 7 heteroatoms. The van der Waals surface area contributed by atoms with Crippen LogP contribution >= 0.6 is 35.7 Å². The Balaban J connectivity index is 1.93. The molecule has 2 aromatic carbocycles. The Bertz CT molecular complexity index is 1230. The summed E-state index contributed by atoms with van der Waals surface area (Å²) in [6.45, 7) is 9.66. The van der Waals surface area contributed by atoms with Crippen molar-refractivity contribution in [3.8, 4) is 0 Å². The molecule has 0 saturated carbocycles. The van der Waals surface area contributed by atoms with Crippen LogP contribution in [-0.2, 0) is 14.3 Å². The highest BCUT2D eigenvalue weighted by Gasteiger charge is 2.44. The number of amides is 1. The van der Waals surface area contributed by atoms with Crippen molar-refractivity contribution in [2.75, 3.05) is 11.5 Å². The number of carbonyl (C=O) groups excluding carboxylic acids is 2. The van der Waals surface area contributed by atoms with E-state index >= 15 is 0 Å². The summed E-state index contributed by atoms with van der Waals surface area (Å²) in [5.41, 5.74) is 4.02. The molecule has 0 spiro atoms. The van der Waals surface area contributed by atoms with Crippen molar-refractivity contribution >= 4 is 68.6 Å². The molecule has 0 bridgehead atoms. The van der Waals surface area contributed by atoms with Gasteiger partial charge in [0.1, 0.15) is 4.91 Å². The van der Waals surface area contributed by atoms with Crippen LogP contribution in [-0.4, -0.2) is 28.9 Å². The molecule has 33 heavy (non-hydrogen) atoms. The van der Waals surface area contributed by atoms with Gasteiger partial charge >= 0.3 is 5.97 Å². The van der Waals surface area contributed by atoms with Crippen molar-refractivity contribution in [1.29, 1.82) is 0 Å². The number of aryl methyl sites for hydroxylation is 1. The van der Waals surface area contributed by atoms with E-state index in [1.807, 2.05) is 63.2 Å². The van der Waals surface area contributed by atoms with Crippen LogP contribution < -0.4 is 4.90 Å². The third-order valence-corrected chi connectivity index (χ3v) is 8.95. The van der Waals surface area contributed by atoms with E-state index in [1.54, 1.807) is 30.5 Å². The molecule has 0 radical (unpaired) electrons. The molecular formula is C26H25NO3S3. The average molecular weight is 496 g/mol. The van der Waals surface area contributed by atoms with Crippen molar-refractivity contribution in [3.05, 3.63) is 74.4 Å². The van der Waals surface area contributed by atoms with Crippen LogP contribution in [0.5, 0.6) is 0 Å². The molecule has 2 aromatic rings. The minimum Gasteiger partial charge on any atom is -0.462 e. The second-order valence-corrected chi connectivity index (χ2v) is 11.1. The first-order chi connectivity index (χ1) is 15.7. The maximum atomic E-state index is 12.9. The second-order valence-electron chi connectivity index (χ2n) is 8.37. The minimum atomic E-state index is -0.688. The maximum absolute atomic E-state index is 12.9. The molecule has 0 N–H and O–H groups in total. The molecule has 0 saturated heterocycles. The number of rotatable bonds is 3. The van der Waals surface area contributed by atoms with Gasteiger partial charge < -0.3 is 9.64 Å². The van der Waals surface area contributed by atoms with Crippen LogP contribution in [0.2, 0.25) is 0 Å². The molecule has 2 aliphatic heterocycles. The Kier molecular flexibility index (Phi) is 6.58. The topological polar surface area (TPSA) is 46.6 Å². The quantitative estimate of drug-likeness (QED) is 0.272. The van der Waals surface area contributed by atoms with Crippen molar-refractivity contribution in [2.45, 2.75) is 40.2 Å². The number of carbonyl (C=O) groups is 2. The summed E-state index contributed by atoms with van der Waals surface area (Å²) in [7, 11) is 0. The van der Waals surface area contributed by atoms with Gasteiger partial charge in [-0.3, -0.25) is 4.79 Å². The minimum absolute atomic E-state index is 0.0569. The van der Waals surface area contributed by atoms with Gasteiger partial charge in [0.2, 0.25) is 5.91 Å². The average Bonchev–Trinajstić information content (AvgIpc) is 3.20. The van der Waals surface area contributed by atoms with Crippen LogP contribution in [0.3, 0.4) is 0 Å². The van der Waals surface area contributed by atoms with E-state index in [2.05, 4.69) is 6.07 Å². The summed E-state index contributed by atoms with van der Waals surface area (Å²) in [6, 6.07) is 15.9. The molecule has 4 nitrogen and oxygen atoms in total. The number of anilines is 1. The number of benzene rings is 2. The zero-order chi connectivity index (χ0) is 23.9. The lowest BCUT2D eigenvalue weighted by molar-refractivity contribution is -0.137. The number of esters is 1. The van der Waals surface area contributed by atoms with Gasteiger partial charge in [-0.2, -0.15) is 0 Å². The summed E-state index contributed by atoms with van der Waals surface area (Å²) in [5, 5.41) is 0. The predicted molar refractivity (Wildman–Crippen MR) is 143 cm³/mol. The largest absolute Gasteiger partial charge is 0.462 e. The lowest BCUT2D eigenvalue weighted by atomic mass is 9.83. The molecule has 0 aromatic heterocycles. The maximum Gasteiger partial charge on any atom is 0.346 e. The van der Waals surface area contributed by atoms with Gasteiger partial charge in [-0.1, -0.05) is 77.7 Å². The van der Waals surface area contributed by atoms with Gasteiger partial charge in [-0.25, -0.2) is 4.79 Å². The van der Waals surface area contributed by atoms with E-state index < -0.39 is 5.54 Å². The van der Waals surface area contributed by atoms with E-state index in [-0.39, 0.29) is 11.9 Å². The molecule has 170 valence electrons. The van der Waals surface area contributed by atoms with E-state index in [0.29, 0.717) is 16.4 Å². The fraction of sp³-hybridized carbons (Fsp3) is 0.269. The molecular weight excluding hydrogens is 470 g/mol. The van der Waals surface area contributed by atoms with Gasteiger partial charge in [0.15, 0.2) is 0 Å². The van der Waals surface area contributed by atoms with Gasteiger partial charge in [0.25, 0.3) is 0 Å². The zero-order valence-electron chi connectivity index (χ0n) is 19.2. The van der Waals surface area contributed by atoms with E-state index in [4.69, 9.17) is 17.0 Å². The number of fused-ring (bicyclic) bond motifs is 1. The Labute approximate surface area is 208 Å². The zero-order valence-corrected chi connectivity index (χ0v) is 21.7. The highest BCUT2D eigenvalue weighted by Crippen LogP contribution is 2.58. The summed E-state index contributed by atoms with van der Waals surface area (Å²) >= 11 is 8.97. The van der Waals surface area contributed by atoms with Crippen LogP contribution in [0.25, 0.3) is 10.5 Å². The van der Waals surface area contributed by atoms with Crippen LogP contribution in [0, 0.1) is 6.92 Å². The fourth-order valence-electron chi connectivity index (χ4n) is 4.15. The van der Waals surface area contributed by atoms with Crippen LogP contribution in [0.15, 0.2) is 57.7 Å². The fourth-order valence-corrected chi connectivity index (χ4v) is 7.28. The summed E-state index contributed by atoms with van der Waals surface area (Å²) in [5.74, 6) is -0.390. The first-order valence-corrected chi connectivity index (χ1v) is 12.7. The third-order valence-electron chi connectivity index (χ3n) is 5.62. The highest BCUT2D eigenvalue weighted by molar-refractivity contribution is 8.32. The van der Waals surface area contributed by atoms with Gasteiger partial charge in [0.05, 0.1) is 26.9 Å². The van der Waals surface area contributed by atoms with Crippen molar-refractivity contribution in [3.63, 3.8) is 0 Å². The molecule has 0 fully saturated rings. The number of hydrogen-bond donors (Lipinski definition) is 0. The van der Waals surface area contributed by atoms with Crippen molar-refractivity contribution in [1.82, 2.24) is 0 Å². The van der Waals surface area contributed by atoms with E-state index in [0.717, 1.165) is 37.1 Å². The first-order valence-electron chi connectivity index (χ1n) is 10.7. The van der Waals surface area contributed by atoms with E-state index in [1.165, 1.54) is 11.8 Å². The molecule has 2 heterocycles. The standard InChI is InChI=1S/C26H25NO3S3/c1-6-30-24(29)22-21(17-10-8-7-9-11-17)32-25(33-22)20-18-14-15(2)12-13-19(18)27(16(3)28)26(4,5)23(20)31/h7-14H,6H2,1-5H3. The van der Waals surface area contributed by atoms with Crippen LogP contribution in [0.1, 0.15) is 44.4 Å². The molecule has 0 unspecified atom stereocenters. The number of nitrogens with zero attached hydrogens (tertiary/aromatic N) is 1. The Morgan fingerprint density at radius 2 is 1.79 bits per heavy atom. The highest BCUT2D eigenvalue weighted by atomic mass is 32.2. The lowest BCUT2D eigenvalue weighted by Gasteiger charge is -2.45. The Morgan fingerprint density at radius 1 is 1.09 bits per heavy atom. The summed E-state index contributed by atoms with van der Waals surface area (Å²) in [4.78, 5) is 29.4. The van der Waals surface area contributed by atoms with Crippen LogP contribution in [0.4, 0.5) is 5.69 Å². The number of thioether (sulfide) groups is 2. The van der Waals surface area contributed by atoms with Crippen molar-refractivity contribution < 1.29 is 14.3 Å². The smallest absolute Gasteiger partial charge is 0.346 e. The van der Waals surface area contributed by atoms with E-state index in [9.17, 15) is 9.59 Å². The summed E-state index contributed by atoms with van der Waals surface area (Å²) < 4.78 is 6.31. The number of ether oxygens (including phenoxy) is 1. The summed E-state index contributed by atoms with van der Waals surface area (Å²) in [6.07, 6.45) is 0. The van der Waals surface area contributed by atoms with Gasteiger partial charge in [-0.15, -0.1) is 0 Å². The van der Waals surface area contributed by atoms with Gasteiger partial charge in [-0.05, 0) is 45.4 Å². The second kappa shape index (κ2) is 9.12. The lowest BCUT2D eigenvalue weighted by Crippen LogP contribution is -2.55. The Hall–Kier alpha value is -2.35.